The van der Waals surface area contributed by atoms with Crippen molar-refractivity contribution in [2.45, 2.75) is 39.0 Å². The predicted octanol–water partition coefficient (Wildman–Crippen LogP) is 3.84. The van der Waals surface area contributed by atoms with Gasteiger partial charge in [-0.1, -0.05) is 31.4 Å². The number of hydrogen-bond donors (Lipinski definition) is 2. The van der Waals surface area contributed by atoms with Crippen LogP contribution in [0.15, 0.2) is 36.4 Å². The van der Waals surface area contributed by atoms with E-state index in [1.807, 2.05) is 0 Å². The Hall–Kier alpha value is -2.58. The number of aryl methyl sites for hydroxylation is 1. The van der Waals surface area contributed by atoms with Crippen molar-refractivity contribution in [1.29, 1.82) is 0 Å². The zero-order valence-electron chi connectivity index (χ0n) is 18.4. The highest BCUT2D eigenvalue weighted by molar-refractivity contribution is 7.89. The molecule has 8 heteroatoms. The first-order valence-electron chi connectivity index (χ1n) is 10.8. The van der Waals surface area contributed by atoms with Crippen LogP contribution in [0.3, 0.4) is 0 Å². The summed E-state index contributed by atoms with van der Waals surface area (Å²) >= 11 is 0. The number of benzene rings is 2. The molecule has 0 heterocycles. The summed E-state index contributed by atoms with van der Waals surface area (Å²) in [7, 11) is -2.09. The molecule has 6 nitrogen and oxygen atoms in total. The first-order valence-corrected chi connectivity index (χ1v) is 12.5. The lowest BCUT2D eigenvalue weighted by Gasteiger charge is -2.21. The minimum atomic E-state index is -3.63. The van der Waals surface area contributed by atoms with Crippen LogP contribution in [0.5, 0.6) is 0 Å². The number of amides is 1. The van der Waals surface area contributed by atoms with E-state index >= 15 is 0 Å². The van der Waals surface area contributed by atoms with Gasteiger partial charge in [0, 0.05) is 12.6 Å². The Balaban J connectivity index is 1.78. The number of carbonyl (C=O) groups excluding carboxylic acids is 2. The smallest absolute Gasteiger partial charge is 0.251 e. The molecule has 3 rings (SSSR count). The molecule has 2 aromatic rings. The second kappa shape index (κ2) is 10.4. The maximum absolute atomic E-state index is 14.7. The number of nitrogens with one attached hydrogen (secondary N) is 2. The van der Waals surface area contributed by atoms with Crippen LogP contribution < -0.4 is 10.0 Å². The van der Waals surface area contributed by atoms with E-state index in [0.29, 0.717) is 16.7 Å². The van der Waals surface area contributed by atoms with Gasteiger partial charge in [0.1, 0.15) is 5.82 Å². The van der Waals surface area contributed by atoms with Gasteiger partial charge in [-0.05, 0) is 66.6 Å². The quantitative estimate of drug-likeness (QED) is 0.586. The van der Waals surface area contributed by atoms with Crippen molar-refractivity contribution in [3.8, 4) is 11.1 Å². The summed E-state index contributed by atoms with van der Waals surface area (Å²) in [5.74, 6) is -1.47. The SMILES string of the molecule is CNC(=O)c1cccc(-c2cc(C)c(F)c(C(=O)CNS(=O)(=O)CC3CCCCC3)c2)c1. The first-order chi connectivity index (χ1) is 15.2. The highest BCUT2D eigenvalue weighted by Gasteiger charge is 2.23. The van der Waals surface area contributed by atoms with E-state index in [0.717, 1.165) is 32.1 Å². The molecule has 1 aliphatic rings. The highest BCUT2D eigenvalue weighted by Crippen LogP contribution is 2.27. The number of rotatable bonds is 8. The molecule has 0 aliphatic heterocycles. The molecule has 2 N–H and O–H groups in total. The van der Waals surface area contributed by atoms with Crippen LogP contribution >= 0.6 is 0 Å². The Labute approximate surface area is 188 Å². The van der Waals surface area contributed by atoms with E-state index in [2.05, 4.69) is 10.0 Å². The molecule has 1 saturated carbocycles. The first kappa shape index (κ1) is 24.1. The molecular formula is C24H29FN2O4S. The summed E-state index contributed by atoms with van der Waals surface area (Å²) in [6.45, 7) is 1.05. The average Bonchev–Trinajstić information content (AvgIpc) is 2.79. The largest absolute Gasteiger partial charge is 0.355 e. The van der Waals surface area contributed by atoms with Gasteiger partial charge in [0.15, 0.2) is 5.78 Å². The number of Topliss-reactive ketones (excluding diaryl/α,β-unsaturated/α-hetero) is 1. The topological polar surface area (TPSA) is 92.3 Å². The van der Waals surface area contributed by atoms with E-state index in [4.69, 9.17) is 0 Å². The highest BCUT2D eigenvalue weighted by atomic mass is 32.2. The monoisotopic (exact) mass is 460 g/mol. The van der Waals surface area contributed by atoms with Crippen LogP contribution in [0.1, 0.15) is 58.4 Å². The zero-order valence-corrected chi connectivity index (χ0v) is 19.2. The Kier molecular flexibility index (Phi) is 7.79. The third-order valence-corrected chi connectivity index (χ3v) is 7.37. The second-order valence-electron chi connectivity index (χ2n) is 8.34. The van der Waals surface area contributed by atoms with Gasteiger partial charge < -0.3 is 5.32 Å². The van der Waals surface area contributed by atoms with Crippen LogP contribution in [-0.4, -0.2) is 39.5 Å². The van der Waals surface area contributed by atoms with Gasteiger partial charge in [-0.3, -0.25) is 9.59 Å². The van der Waals surface area contributed by atoms with E-state index in [9.17, 15) is 22.4 Å². The van der Waals surface area contributed by atoms with Crippen molar-refractivity contribution in [3.63, 3.8) is 0 Å². The Bertz CT molecular complexity index is 1110. The molecule has 0 saturated heterocycles. The van der Waals surface area contributed by atoms with Crippen molar-refractivity contribution < 1.29 is 22.4 Å². The molecule has 0 bridgehead atoms. The molecule has 32 heavy (non-hydrogen) atoms. The molecule has 0 spiro atoms. The molecule has 1 fully saturated rings. The summed E-state index contributed by atoms with van der Waals surface area (Å²) in [6.07, 6.45) is 4.93. The fraction of sp³-hybridized carbons (Fsp3) is 0.417. The predicted molar refractivity (Wildman–Crippen MR) is 123 cm³/mol. The van der Waals surface area contributed by atoms with Gasteiger partial charge in [-0.2, -0.15) is 0 Å². The maximum Gasteiger partial charge on any atom is 0.251 e. The molecule has 0 radical (unpaired) electrons. The number of ketones is 1. The van der Waals surface area contributed by atoms with Gasteiger partial charge in [0.25, 0.3) is 5.91 Å². The van der Waals surface area contributed by atoms with Crippen LogP contribution in [0.25, 0.3) is 11.1 Å². The fourth-order valence-electron chi connectivity index (χ4n) is 4.12. The summed E-state index contributed by atoms with van der Waals surface area (Å²) in [5.41, 5.74) is 1.76. The van der Waals surface area contributed by atoms with Crippen molar-refractivity contribution in [1.82, 2.24) is 10.0 Å². The summed E-state index contributed by atoms with van der Waals surface area (Å²) in [6, 6.07) is 9.80. The molecule has 2 aromatic carbocycles. The summed E-state index contributed by atoms with van der Waals surface area (Å²) in [4.78, 5) is 24.7. The van der Waals surface area contributed by atoms with Crippen molar-refractivity contribution in [2.24, 2.45) is 5.92 Å². The maximum atomic E-state index is 14.7. The molecule has 0 atom stereocenters. The Morgan fingerprint density at radius 2 is 1.78 bits per heavy atom. The van der Waals surface area contributed by atoms with E-state index in [1.54, 1.807) is 37.3 Å². The minimum absolute atomic E-state index is 0.00584. The van der Waals surface area contributed by atoms with Crippen LogP contribution in [0, 0.1) is 18.7 Å². The van der Waals surface area contributed by atoms with Crippen LogP contribution in [-0.2, 0) is 10.0 Å². The lowest BCUT2D eigenvalue weighted by atomic mass is 9.91. The third kappa shape index (κ3) is 6.01. The van der Waals surface area contributed by atoms with Crippen molar-refractivity contribution in [2.75, 3.05) is 19.3 Å². The van der Waals surface area contributed by atoms with Crippen LogP contribution in [0.2, 0.25) is 0 Å². The zero-order chi connectivity index (χ0) is 23.3. The van der Waals surface area contributed by atoms with Gasteiger partial charge >= 0.3 is 0 Å². The standard InChI is InChI=1S/C24H29FN2O4S/c1-16-11-20(18-9-6-10-19(12-18)24(29)26-2)13-21(23(16)25)22(28)14-27-32(30,31)15-17-7-4-3-5-8-17/h6,9-13,17,27H,3-5,7-8,14-15H2,1-2H3,(H,26,29). The second-order valence-corrected chi connectivity index (χ2v) is 10.2. The fourth-order valence-corrected chi connectivity index (χ4v) is 5.54. The van der Waals surface area contributed by atoms with Crippen molar-refractivity contribution >= 4 is 21.7 Å². The normalized spacial score (nSPS) is 14.8. The Morgan fingerprint density at radius 1 is 1.06 bits per heavy atom. The molecule has 1 aliphatic carbocycles. The molecule has 0 aromatic heterocycles. The van der Waals surface area contributed by atoms with Crippen LogP contribution in [0.4, 0.5) is 4.39 Å². The third-order valence-electron chi connectivity index (χ3n) is 5.87. The number of hydrogen-bond acceptors (Lipinski definition) is 4. The number of carbonyl (C=O) groups is 2. The van der Waals surface area contributed by atoms with Crippen molar-refractivity contribution in [3.05, 3.63) is 58.9 Å². The molecule has 1 amide bonds. The lowest BCUT2D eigenvalue weighted by molar-refractivity contribution is 0.0961. The lowest BCUT2D eigenvalue weighted by Crippen LogP contribution is -2.34. The average molecular weight is 461 g/mol. The van der Waals surface area contributed by atoms with Gasteiger partial charge in [-0.15, -0.1) is 0 Å². The van der Waals surface area contributed by atoms with Gasteiger partial charge in [-0.25, -0.2) is 17.5 Å². The van der Waals surface area contributed by atoms with E-state index in [1.165, 1.54) is 13.1 Å². The number of sulfonamides is 1. The Morgan fingerprint density at radius 3 is 2.47 bits per heavy atom. The molecular weight excluding hydrogens is 431 g/mol. The minimum Gasteiger partial charge on any atom is -0.355 e. The van der Waals surface area contributed by atoms with Gasteiger partial charge in [0.2, 0.25) is 10.0 Å². The summed E-state index contributed by atoms with van der Waals surface area (Å²) < 4.78 is 41.9. The molecule has 172 valence electrons. The number of halogens is 1. The molecule has 0 unspecified atom stereocenters. The van der Waals surface area contributed by atoms with E-state index < -0.39 is 28.2 Å². The van der Waals surface area contributed by atoms with Gasteiger partial charge in [0.05, 0.1) is 17.9 Å². The summed E-state index contributed by atoms with van der Waals surface area (Å²) in [5, 5.41) is 2.55. The van der Waals surface area contributed by atoms with E-state index in [-0.39, 0.29) is 28.7 Å².